The summed E-state index contributed by atoms with van der Waals surface area (Å²) < 4.78 is 10.4. The number of aromatic nitrogens is 1. The van der Waals surface area contributed by atoms with Gasteiger partial charge < -0.3 is 9.47 Å². The third-order valence-corrected chi connectivity index (χ3v) is 4.32. The number of benzene rings is 1. The molecular weight excluding hydrogens is 387 g/mol. The summed E-state index contributed by atoms with van der Waals surface area (Å²) in [7, 11) is 0. The second-order valence-electron chi connectivity index (χ2n) is 4.95. The summed E-state index contributed by atoms with van der Waals surface area (Å²) in [6.07, 6.45) is -0.733. The van der Waals surface area contributed by atoms with Gasteiger partial charge in [0, 0.05) is 10.4 Å². The molecule has 1 amide bonds. The van der Waals surface area contributed by atoms with Crippen molar-refractivity contribution in [2.45, 2.75) is 26.4 Å². The zero-order valence-electron chi connectivity index (χ0n) is 13.5. The first-order valence-corrected chi connectivity index (χ1v) is 9.05. The zero-order valence-corrected chi connectivity index (χ0v) is 15.9. The van der Waals surface area contributed by atoms with Crippen LogP contribution in [0.2, 0.25) is 10.0 Å². The van der Waals surface area contributed by atoms with Crippen LogP contribution in [0.25, 0.3) is 0 Å². The predicted molar refractivity (Wildman–Crippen MR) is 97.6 cm³/mol. The topological polar surface area (TPSA) is 77.5 Å². The van der Waals surface area contributed by atoms with Crippen molar-refractivity contribution in [2.24, 2.45) is 0 Å². The number of anilines is 1. The lowest BCUT2D eigenvalue weighted by Gasteiger charge is -2.14. The van der Waals surface area contributed by atoms with Gasteiger partial charge in [-0.1, -0.05) is 23.2 Å². The lowest BCUT2D eigenvalue weighted by atomic mass is 10.3. The summed E-state index contributed by atoms with van der Waals surface area (Å²) in [5.41, 5.74) is 0.535. The normalized spacial score (nSPS) is 11.7. The van der Waals surface area contributed by atoms with Crippen LogP contribution < -0.4 is 10.1 Å². The molecule has 0 unspecified atom stereocenters. The van der Waals surface area contributed by atoms with Crippen molar-refractivity contribution in [3.8, 4) is 5.75 Å². The van der Waals surface area contributed by atoms with Crippen molar-refractivity contribution in [2.75, 3.05) is 11.9 Å². The number of hydrogen-bond acceptors (Lipinski definition) is 6. The summed E-state index contributed by atoms with van der Waals surface area (Å²) >= 11 is 13.1. The number of nitrogens with one attached hydrogen (secondary N) is 1. The van der Waals surface area contributed by atoms with Crippen molar-refractivity contribution in [1.29, 1.82) is 0 Å². The Labute approximate surface area is 159 Å². The molecule has 1 atom stereocenters. The number of ether oxygens (including phenoxy) is 2. The standard InChI is InChI=1S/C16H16Cl2N2O4S/c1-3-23-14(21)7-11-8-25-16(19-11)20-15(22)9(2)24-13-5-4-10(17)6-12(13)18/h4-6,8-9H,3,7H2,1-2H3,(H,19,20,22)/t9-/m1/s1. The summed E-state index contributed by atoms with van der Waals surface area (Å²) in [5.74, 6) is -0.390. The average Bonchev–Trinajstić information content (AvgIpc) is 2.97. The van der Waals surface area contributed by atoms with Gasteiger partial charge in [0.25, 0.3) is 5.91 Å². The largest absolute Gasteiger partial charge is 0.479 e. The molecule has 1 aromatic heterocycles. The summed E-state index contributed by atoms with van der Waals surface area (Å²) in [6.45, 7) is 3.64. The van der Waals surface area contributed by atoms with Crippen LogP contribution in [0.15, 0.2) is 23.6 Å². The number of carbonyl (C=O) groups is 2. The second-order valence-corrected chi connectivity index (χ2v) is 6.65. The molecule has 0 spiro atoms. The quantitative estimate of drug-likeness (QED) is 0.709. The van der Waals surface area contributed by atoms with E-state index in [1.165, 1.54) is 17.4 Å². The van der Waals surface area contributed by atoms with Gasteiger partial charge in [0.15, 0.2) is 11.2 Å². The minimum atomic E-state index is -0.795. The van der Waals surface area contributed by atoms with Gasteiger partial charge in [0.2, 0.25) is 0 Å². The number of amides is 1. The van der Waals surface area contributed by atoms with Crippen LogP contribution in [-0.2, 0) is 20.7 Å². The van der Waals surface area contributed by atoms with E-state index in [9.17, 15) is 9.59 Å². The van der Waals surface area contributed by atoms with Crippen LogP contribution >= 0.6 is 34.5 Å². The zero-order chi connectivity index (χ0) is 18.4. The van der Waals surface area contributed by atoms with Crippen LogP contribution in [0.3, 0.4) is 0 Å². The molecule has 0 aliphatic rings. The van der Waals surface area contributed by atoms with Gasteiger partial charge in [0.1, 0.15) is 5.75 Å². The highest BCUT2D eigenvalue weighted by Gasteiger charge is 2.18. The van der Waals surface area contributed by atoms with Gasteiger partial charge >= 0.3 is 5.97 Å². The van der Waals surface area contributed by atoms with E-state index in [4.69, 9.17) is 32.7 Å². The predicted octanol–water partition coefficient (Wildman–Crippen LogP) is 3.96. The molecule has 0 fully saturated rings. The number of esters is 1. The van der Waals surface area contributed by atoms with Gasteiger partial charge in [-0.15, -0.1) is 11.3 Å². The Kier molecular flexibility index (Phi) is 7.04. The van der Waals surface area contributed by atoms with E-state index in [1.54, 1.807) is 31.4 Å². The van der Waals surface area contributed by atoms with E-state index in [2.05, 4.69) is 10.3 Å². The van der Waals surface area contributed by atoms with Crippen molar-refractivity contribution >= 4 is 51.5 Å². The fraction of sp³-hybridized carbons (Fsp3) is 0.312. The molecule has 134 valence electrons. The molecule has 6 nitrogen and oxygen atoms in total. The molecular formula is C16H16Cl2N2O4S. The Bertz CT molecular complexity index is 766. The molecule has 9 heteroatoms. The SMILES string of the molecule is CCOC(=O)Cc1csc(NC(=O)[C@@H](C)Oc2ccc(Cl)cc2Cl)n1. The van der Waals surface area contributed by atoms with E-state index in [-0.39, 0.29) is 18.3 Å². The lowest BCUT2D eigenvalue weighted by Crippen LogP contribution is -2.30. The van der Waals surface area contributed by atoms with E-state index in [0.29, 0.717) is 33.2 Å². The first-order chi connectivity index (χ1) is 11.9. The molecule has 1 N–H and O–H groups in total. The first kappa shape index (κ1) is 19.5. The first-order valence-electron chi connectivity index (χ1n) is 7.41. The highest BCUT2D eigenvalue weighted by Crippen LogP contribution is 2.28. The minimum absolute atomic E-state index is 0.0621. The fourth-order valence-electron chi connectivity index (χ4n) is 1.83. The van der Waals surface area contributed by atoms with Crippen molar-refractivity contribution in [3.05, 3.63) is 39.3 Å². The van der Waals surface area contributed by atoms with Crippen LogP contribution in [0.1, 0.15) is 19.5 Å². The summed E-state index contributed by atoms with van der Waals surface area (Å²) in [6, 6.07) is 4.75. The smallest absolute Gasteiger partial charge is 0.311 e. The molecule has 1 aromatic carbocycles. The van der Waals surface area contributed by atoms with Crippen LogP contribution in [0.4, 0.5) is 5.13 Å². The molecule has 0 saturated heterocycles. The number of halogens is 2. The highest BCUT2D eigenvalue weighted by molar-refractivity contribution is 7.13. The Balaban J connectivity index is 1.92. The highest BCUT2D eigenvalue weighted by atomic mass is 35.5. The van der Waals surface area contributed by atoms with E-state index >= 15 is 0 Å². The van der Waals surface area contributed by atoms with Crippen molar-refractivity contribution in [1.82, 2.24) is 4.98 Å². The van der Waals surface area contributed by atoms with E-state index in [0.717, 1.165) is 0 Å². The lowest BCUT2D eigenvalue weighted by molar-refractivity contribution is -0.142. The Morgan fingerprint density at radius 1 is 1.36 bits per heavy atom. The van der Waals surface area contributed by atoms with Crippen LogP contribution in [0, 0.1) is 0 Å². The third-order valence-electron chi connectivity index (χ3n) is 2.98. The average molecular weight is 403 g/mol. The van der Waals surface area contributed by atoms with Crippen molar-refractivity contribution in [3.63, 3.8) is 0 Å². The molecule has 0 aliphatic carbocycles. The molecule has 0 bridgehead atoms. The molecule has 1 heterocycles. The molecule has 2 aromatic rings. The Morgan fingerprint density at radius 3 is 2.80 bits per heavy atom. The number of thiazole rings is 1. The Hall–Kier alpha value is -1.83. The second kappa shape index (κ2) is 9.03. The third kappa shape index (κ3) is 5.88. The van der Waals surface area contributed by atoms with Gasteiger partial charge in [-0.2, -0.15) is 0 Å². The maximum absolute atomic E-state index is 12.2. The minimum Gasteiger partial charge on any atom is -0.479 e. The number of rotatable bonds is 7. The van der Waals surface area contributed by atoms with Crippen molar-refractivity contribution < 1.29 is 19.1 Å². The fourth-order valence-corrected chi connectivity index (χ4v) is 2.99. The van der Waals surface area contributed by atoms with Gasteiger partial charge in [-0.3, -0.25) is 14.9 Å². The number of hydrogen-bond donors (Lipinski definition) is 1. The monoisotopic (exact) mass is 402 g/mol. The Morgan fingerprint density at radius 2 is 2.12 bits per heavy atom. The maximum Gasteiger partial charge on any atom is 0.311 e. The van der Waals surface area contributed by atoms with E-state index in [1.807, 2.05) is 0 Å². The maximum atomic E-state index is 12.2. The van der Waals surface area contributed by atoms with E-state index < -0.39 is 6.10 Å². The van der Waals surface area contributed by atoms with Gasteiger partial charge in [-0.25, -0.2) is 4.98 Å². The molecule has 25 heavy (non-hydrogen) atoms. The molecule has 2 rings (SSSR count). The van der Waals surface area contributed by atoms with Crippen LogP contribution in [0.5, 0.6) is 5.75 Å². The number of nitrogens with zero attached hydrogens (tertiary/aromatic N) is 1. The summed E-state index contributed by atoms with van der Waals surface area (Å²) in [4.78, 5) is 27.8. The molecule has 0 radical (unpaired) electrons. The summed E-state index contributed by atoms with van der Waals surface area (Å²) in [5, 5.41) is 5.50. The van der Waals surface area contributed by atoms with Gasteiger partial charge in [-0.05, 0) is 32.0 Å². The molecule has 0 aliphatic heterocycles. The number of carbonyl (C=O) groups excluding carboxylic acids is 2. The van der Waals surface area contributed by atoms with Gasteiger partial charge in [0.05, 0.1) is 23.7 Å². The molecule has 0 saturated carbocycles. The van der Waals surface area contributed by atoms with Crippen LogP contribution in [-0.4, -0.2) is 29.6 Å².